The zero-order chi connectivity index (χ0) is 12.1. The van der Waals surface area contributed by atoms with Gasteiger partial charge in [0, 0.05) is 11.5 Å². The smallest absolute Gasteiger partial charge is 0.111 e. The summed E-state index contributed by atoms with van der Waals surface area (Å²) in [7, 11) is 0. The highest BCUT2D eigenvalue weighted by Crippen LogP contribution is 2.22. The van der Waals surface area contributed by atoms with Crippen LogP contribution in [0.5, 0.6) is 0 Å². The van der Waals surface area contributed by atoms with E-state index in [4.69, 9.17) is 15.4 Å². The van der Waals surface area contributed by atoms with Crippen molar-refractivity contribution < 1.29 is 25.2 Å². The van der Waals surface area contributed by atoms with Crippen LogP contribution in [0.1, 0.15) is 6.42 Å². The molecule has 0 unspecified atom stereocenters. The van der Waals surface area contributed by atoms with Crippen molar-refractivity contribution in [3.05, 3.63) is 10.4 Å². The van der Waals surface area contributed by atoms with Gasteiger partial charge < -0.3 is 25.2 Å². The van der Waals surface area contributed by atoms with Crippen molar-refractivity contribution in [2.75, 3.05) is 13.2 Å². The molecule has 0 aromatic rings. The van der Waals surface area contributed by atoms with Crippen LogP contribution in [0.2, 0.25) is 0 Å². The maximum Gasteiger partial charge on any atom is 0.111 e. The van der Waals surface area contributed by atoms with Crippen LogP contribution in [0, 0.1) is 0 Å². The van der Waals surface area contributed by atoms with Crippen molar-refractivity contribution in [2.45, 2.75) is 36.9 Å². The van der Waals surface area contributed by atoms with E-state index in [0.29, 0.717) is 0 Å². The first-order valence-corrected chi connectivity index (χ1v) is 4.93. The molecule has 0 aromatic carbocycles. The molecule has 92 valence electrons. The Balaban J connectivity index is 2.59. The van der Waals surface area contributed by atoms with Crippen LogP contribution in [0.15, 0.2) is 5.11 Å². The van der Waals surface area contributed by atoms with E-state index in [9.17, 15) is 15.3 Å². The van der Waals surface area contributed by atoms with Crippen molar-refractivity contribution in [2.24, 2.45) is 5.11 Å². The van der Waals surface area contributed by atoms with Gasteiger partial charge in [-0.3, -0.25) is 0 Å². The number of nitrogens with zero attached hydrogens (tertiary/aromatic N) is 3. The fourth-order valence-corrected chi connectivity index (χ4v) is 1.65. The normalized spacial score (nSPS) is 39.1. The number of azide groups is 1. The highest BCUT2D eigenvalue weighted by atomic mass is 16.5. The molecule has 1 aliphatic heterocycles. The van der Waals surface area contributed by atoms with E-state index in [-0.39, 0.29) is 13.0 Å². The third kappa shape index (κ3) is 2.82. The quantitative estimate of drug-likeness (QED) is 0.266. The summed E-state index contributed by atoms with van der Waals surface area (Å²) >= 11 is 0. The SMILES string of the molecule is [N-]=[N+]=NCC[C@@H]1O[C@H](CO)[C@H](O)[C@H](O)[C@H]1O. The van der Waals surface area contributed by atoms with Gasteiger partial charge in [-0.2, -0.15) is 0 Å². The molecule has 0 radical (unpaired) electrons. The van der Waals surface area contributed by atoms with Crippen LogP contribution in [0.25, 0.3) is 10.4 Å². The van der Waals surface area contributed by atoms with Crippen molar-refractivity contribution in [1.82, 2.24) is 0 Å². The molecule has 16 heavy (non-hydrogen) atoms. The third-order valence-corrected chi connectivity index (χ3v) is 2.57. The Kier molecular flexibility index (Phi) is 4.94. The highest BCUT2D eigenvalue weighted by molar-refractivity contribution is 4.92. The van der Waals surface area contributed by atoms with E-state index in [1.54, 1.807) is 0 Å². The molecule has 8 heteroatoms. The number of hydrogen-bond donors (Lipinski definition) is 4. The Hall–Kier alpha value is -0.890. The largest absolute Gasteiger partial charge is 0.394 e. The predicted octanol–water partition coefficient (Wildman–Crippen LogP) is -1.47. The summed E-state index contributed by atoms with van der Waals surface area (Å²) < 4.78 is 5.18. The summed E-state index contributed by atoms with van der Waals surface area (Å²) in [5, 5.41) is 40.6. The molecule has 1 aliphatic rings. The second-order valence-corrected chi connectivity index (χ2v) is 3.61. The molecular weight excluding hydrogens is 218 g/mol. The molecule has 1 heterocycles. The van der Waals surface area contributed by atoms with Crippen molar-refractivity contribution in [3.63, 3.8) is 0 Å². The van der Waals surface area contributed by atoms with E-state index >= 15 is 0 Å². The lowest BCUT2D eigenvalue weighted by molar-refractivity contribution is -0.229. The van der Waals surface area contributed by atoms with Gasteiger partial charge in [-0.1, -0.05) is 5.11 Å². The summed E-state index contributed by atoms with van der Waals surface area (Å²) in [6.07, 6.45) is -5.44. The molecular formula is C8H15N3O5. The van der Waals surface area contributed by atoms with Crippen LogP contribution >= 0.6 is 0 Å². The van der Waals surface area contributed by atoms with Crippen molar-refractivity contribution in [1.29, 1.82) is 0 Å². The Labute approximate surface area is 91.7 Å². The van der Waals surface area contributed by atoms with Gasteiger partial charge in [0.15, 0.2) is 0 Å². The fourth-order valence-electron chi connectivity index (χ4n) is 1.65. The van der Waals surface area contributed by atoms with E-state index in [1.807, 2.05) is 0 Å². The topological polar surface area (TPSA) is 139 Å². The minimum absolute atomic E-state index is 0.110. The summed E-state index contributed by atoms with van der Waals surface area (Å²) in [5.41, 5.74) is 8.08. The minimum atomic E-state index is -1.37. The predicted molar refractivity (Wildman–Crippen MR) is 52.4 cm³/mol. The van der Waals surface area contributed by atoms with Crippen molar-refractivity contribution >= 4 is 0 Å². The van der Waals surface area contributed by atoms with Gasteiger partial charge in [-0.05, 0) is 12.0 Å². The zero-order valence-electron chi connectivity index (χ0n) is 8.55. The maximum atomic E-state index is 9.57. The van der Waals surface area contributed by atoms with Crippen LogP contribution in [-0.2, 0) is 4.74 Å². The molecule has 0 aliphatic carbocycles. The fraction of sp³-hybridized carbons (Fsp3) is 1.00. The number of aliphatic hydroxyl groups excluding tert-OH is 4. The third-order valence-electron chi connectivity index (χ3n) is 2.57. The van der Waals surface area contributed by atoms with E-state index in [1.165, 1.54) is 0 Å². The number of hydrogen-bond acceptors (Lipinski definition) is 6. The molecule has 0 aromatic heterocycles. The number of rotatable bonds is 4. The number of aliphatic hydroxyl groups is 4. The zero-order valence-corrected chi connectivity index (χ0v) is 8.55. The van der Waals surface area contributed by atoms with Gasteiger partial charge in [0.05, 0.1) is 12.7 Å². The summed E-state index contributed by atoms with van der Waals surface area (Å²) in [6.45, 7) is -0.345. The molecule has 1 saturated heterocycles. The van der Waals surface area contributed by atoms with Crippen molar-refractivity contribution in [3.8, 4) is 0 Å². The number of ether oxygens (including phenoxy) is 1. The first-order chi connectivity index (χ1) is 7.61. The van der Waals surface area contributed by atoms with Crippen LogP contribution in [0.3, 0.4) is 0 Å². The van der Waals surface area contributed by atoms with E-state index < -0.39 is 37.1 Å². The summed E-state index contributed by atoms with van der Waals surface area (Å²) in [6, 6.07) is 0. The summed E-state index contributed by atoms with van der Waals surface area (Å²) in [4.78, 5) is 2.54. The van der Waals surface area contributed by atoms with Gasteiger partial charge in [0.1, 0.15) is 24.4 Å². The van der Waals surface area contributed by atoms with Gasteiger partial charge in [-0.15, -0.1) is 0 Å². The first-order valence-electron chi connectivity index (χ1n) is 4.93. The highest BCUT2D eigenvalue weighted by Gasteiger charge is 2.42. The second kappa shape index (κ2) is 6.00. The molecule has 1 fully saturated rings. The van der Waals surface area contributed by atoms with Gasteiger partial charge in [0.25, 0.3) is 0 Å². The monoisotopic (exact) mass is 233 g/mol. The lowest BCUT2D eigenvalue weighted by atomic mass is 9.94. The molecule has 5 atom stereocenters. The minimum Gasteiger partial charge on any atom is -0.394 e. The molecule has 0 bridgehead atoms. The molecule has 1 rings (SSSR count). The first kappa shape index (κ1) is 13.2. The van der Waals surface area contributed by atoms with Crippen LogP contribution in [0.4, 0.5) is 0 Å². The molecule has 0 saturated carbocycles. The Morgan fingerprint density at radius 2 is 1.75 bits per heavy atom. The lowest BCUT2D eigenvalue weighted by Gasteiger charge is -2.40. The Morgan fingerprint density at radius 1 is 1.12 bits per heavy atom. The molecule has 4 N–H and O–H groups in total. The van der Waals surface area contributed by atoms with Crippen LogP contribution in [-0.4, -0.2) is 64.1 Å². The maximum absolute atomic E-state index is 9.57. The van der Waals surface area contributed by atoms with Gasteiger partial charge in [-0.25, -0.2) is 0 Å². The average Bonchev–Trinajstić information content (AvgIpc) is 2.29. The lowest BCUT2D eigenvalue weighted by Crippen LogP contribution is -2.58. The molecule has 0 spiro atoms. The Bertz CT molecular complexity index is 268. The van der Waals surface area contributed by atoms with Crippen LogP contribution < -0.4 is 0 Å². The Morgan fingerprint density at radius 3 is 2.31 bits per heavy atom. The van der Waals surface area contributed by atoms with E-state index in [0.717, 1.165) is 0 Å². The molecule has 8 nitrogen and oxygen atoms in total. The van der Waals surface area contributed by atoms with E-state index in [2.05, 4.69) is 10.0 Å². The summed E-state index contributed by atoms with van der Waals surface area (Å²) in [5.74, 6) is 0. The van der Waals surface area contributed by atoms with Gasteiger partial charge in [0.2, 0.25) is 0 Å². The second-order valence-electron chi connectivity index (χ2n) is 3.61. The standard InChI is InChI=1S/C8H15N3O5/c9-11-10-2-1-4-6(13)8(15)7(14)5(3-12)16-4/h4-8,12-15H,1-3H2/t4-,5+,6-,7-,8+/m0/s1. The van der Waals surface area contributed by atoms with Gasteiger partial charge >= 0.3 is 0 Å². The average molecular weight is 233 g/mol. The molecule has 0 amide bonds.